The zero-order chi connectivity index (χ0) is 20.6. The molecule has 0 aliphatic carbocycles. The molecule has 0 radical (unpaired) electrons. The zero-order valence-electron chi connectivity index (χ0n) is 17.0. The second-order valence-electron chi connectivity index (χ2n) is 6.71. The van der Waals surface area contributed by atoms with Crippen LogP contribution < -0.4 is 14.8 Å². The molecule has 2 aromatic carbocycles. The fourth-order valence-electron chi connectivity index (χ4n) is 3.20. The van der Waals surface area contributed by atoms with Crippen LogP contribution in [-0.4, -0.2) is 25.1 Å². The monoisotopic (exact) mass is 410 g/mol. The molecule has 5 nitrogen and oxygen atoms in total. The highest BCUT2D eigenvalue weighted by Gasteiger charge is 2.16. The molecule has 1 amide bonds. The van der Waals surface area contributed by atoms with E-state index in [0.29, 0.717) is 11.5 Å². The van der Waals surface area contributed by atoms with Gasteiger partial charge in [0, 0.05) is 10.9 Å². The normalized spacial score (nSPS) is 11.7. The molecule has 0 aliphatic rings. The number of amides is 1. The number of hydrogen-bond acceptors (Lipinski definition) is 5. The molecule has 0 saturated heterocycles. The third kappa shape index (κ3) is 5.35. The van der Waals surface area contributed by atoms with E-state index in [-0.39, 0.29) is 18.4 Å². The van der Waals surface area contributed by atoms with Gasteiger partial charge in [0.05, 0.1) is 32.4 Å². The van der Waals surface area contributed by atoms with Crippen molar-refractivity contribution in [2.75, 3.05) is 14.2 Å². The molecule has 0 fully saturated rings. The number of nitrogens with zero attached hydrogens (tertiary/aromatic N) is 1. The summed E-state index contributed by atoms with van der Waals surface area (Å²) in [5, 5.41) is 5.94. The number of aromatic nitrogens is 1. The van der Waals surface area contributed by atoms with Gasteiger partial charge in [-0.15, -0.1) is 11.3 Å². The third-order valence-electron chi connectivity index (χ3n) is 4.64. The van der Waals surface area contributed by atoms with Crippen molar-refractivity contribution < 1.29 is 14.3 Å². The molecule has 3 rings (SSSR count). The molecular formula is C23H26N2O3S. The van der Waals surface area contributed by atoms with E-state index in [1.54, 1.807) is 14.2 Å². The molecule has 0 aliphatic heterocycles. The predicted octanol–water partition coefficient (Wildman–Crippen LogP) is 5.03. The molecule has 0 saturated carbocycles. The molecule has 0 bridgehead atoms. The molecule has 1 heterocycles. The number of benzene rings is 2. The number of ether oxygens (including phenoxy) is 2. The predicted molar refractivity (Wildman–Crippen MR) is 117 cm³/mol. The number of nitrogens with one attached hydrogen (secondary N) is 1. The van der Waals surface area contributed by atoms with E-state index < -0.39 is 0 Å². The van der Waals surface area contributed by atoms with E-state index in [0.717, 1.165) is 34.7 Å². The minimum absolute atomic E-state index is 0.0172. The first kappa shape index (κ1) is 20.9. The molecule has 1 N–H and O–H groups in total. The molecule has 29 heavy (non-hydrogen) atoms. The van der Waals surface area contributed by atoms with Gasteiger partial charge in [0.15, 0.2) is 11.5 Å². The molecule has 0 spiro atoms. The van der Waals surface area contributed by atoms with Crippen LogP contribution in [0.2, 0.25) is 0 Å². The molecular weight excluding hydrogens is 384 g/mol. The van der Waals surface area contributed by atoms with E-state index in [4.69, 9.17) is 9.47 Å². The largest absolute Gasteiger partial charge is 0.493 e. The summed E-state index contributed by atoms with van der Waals surface area (Å²) in [4.78, 5) is 17.3. The average Bonchev–Trinajstić information content (AvgIpc) is 3.21. The maximum Gasteiger partial charge on any atom is 0.226 e. The van der Waals surface area contributed by atoms with E-state index >= 15 is 0 Å². The molecule has 3 aromatic rings. The van der Waals surface area contributed by atoms with Gasteiger partial charge >= 0.3 is 0 Å². The van der Waals surface area contributed by atoms with Crippen LogP contribution in [-0.2, 0) is 11.2 Å². The van der Waals surface area contributed by atoms with Crippen molar-refractivity contribution in [3.63, 3.8) is 0 Å². The summed E-state index contributed by atoms with van der Waals surface area (Å²) in [6.45, 7) is 2.12. The highest BCUT2D eigenvalue weighted by molar-refractivity contribution is 7.13. The van der Waals surface area contributed by atoms with E-state index in [2.05, 4.69) is 29.4 Å². The van der Waals surface area contributed by atoms with Gasteiger partial charge < -0.3 is 14.8 Å². The van der Waals surface area contributed by atoms with Crippen LogP contribution in [0.5, 0.6) is 11.5 Å². The Morgan fingerprint density at radius 1 is 1.10 bits per heavy atom. The van der Waals surface area contributed by atoms with Crippen molar-refractivity contribution >= 4 is 17.2 Å². The van der Waals surface area contributed by atoms with Gasteiger partial charge in [0.25, 0.3) is 0 Å². The Morgan fingerprint density at radius 3 is 2.55 bits per heavy atom. The van der Waals surface area contributed by atoms with E-state index in [9.17, 15) is 4.79 Å². The van der Waals surface area contributed by atoms with Crippen molar-refractivity contribution in [2.45, 2.75) is 32.2 Å². The minimum atomic E-state index is -0.0172. The molecule has 6 heteroatoms. The van der Waals surface area contributed by atoms with Crippen molar-refractivity contribution in [2.24, 2.45) is 0 Å². The van der Waals surface area contributed by atoms with Gasteiger partial charge in [-0.3, -0.25) is 4.79 Å². The van der Waals surface area contributed by atoms with E-state index in [1.165, 1.54) is 11.3 Å². The number of thiazole rings is 1. The smallest absolute Gasteiger partial charge is 0.226 e. The Kier molecular flexibility index (Phi) is 7.25. The van der Waals surface area contributed by atoms with Crippen molar-refractivity contribution in [1.82, 2.24) is 10.3 Å². The number of carbonyl (C=O) groups is 1. The van der Waals surface area contributed by atoms with Crippen LogP contribution in [0.15, 0.2) is 53.9 Å². The Hall–Kier alpha value is -2.86. The average molecular weight is 411 g/mol. The minimum Gasteiger partial charge on any atom is -0.493 e. The first-order valence-electron chi connectivity index (χ1n) is 9.65. The van der Waals surface area contributed by atoms with Crippen molar-refractivity contribution in [3.05, 3.63) is 65.2 Å². The number of methoxy groups -OCH3 is 2. The summed E-state index contributed by atoms with van der Waals surface area (Å²) in [6.07, 6.45) is 2.17. The molecule has 152 valence electrons. The van der Waals surface area contributed by atoms with Crippen LogP contribution in [0, 0.1) is 0 Å². The van der Waals surface area contributed by atoms with E-state index in [1.807, 2.05) is 41.8 Å². The summed E-state index contributed by atoms with van der Waals surface area (Å²) in [7, 11) is 3.22. The van der Waals surface area contributed by atoms with Crippen LogP contribution in [0.3, 0.4) is 0 Å². The first-order valence-corrected chi connectivity index (χ1v) is 10.5. The summed E-state index contributed by atoms with van der Waals surface area (Å²) in [5.41, 5.74) is 2.83. The third-order valence-corrected chi connectivity index (χ3v) is 5.58. The zero-order valence-corrected chi connectivity index (χ0v) is 17.8. The fourth-order valence-corrected chi connectivity index (χ4v) is 4.01. The van der Waals surface area contributed by atoms with Gasteiger partial charge in [0.2, 0.25) is 5.91 Å². The topological polar surface area (TPSA) is 60.5 Å². The molecule has 1 atom stereocenters. The summed E-state index contributed by atoms with van der Waals surface area (Å²) in [5.74, 6) is 1.32. The Labute approximate surface area is 175 Å². The summed E-state index contributed by atoms with van der Waals surface area (Å²) >= 11 is 1.52. The highest BCUT2D eigenvalue weighted by Crippen LogP contribution is 2.33. The lowest BCUT2D eigenvalue weighted by Gasteiger charge is -2.18. The van der Waals surface area contributed by atoms with Crippen LogP contribution in [0.25, 0.3) is 10.6 Å². The maximum absolute atomic E-state index is 12.6. The quantitative estimate of drug-likeness (QED) is 0.538. The van der Waals surface area contributed by atoms with Gasteiger partial charge in [-0.2, -0.15) is 0 Å². The summed E-state index contributed by atoms with van der Waals surface area (Å²) in [6, 6.07) is 15.8. The second-order valence-corrected chi connectivity index (χ2v) is 7.57. The van der Waals surface area contributed by atoms with Gasteiger partial charge in [-0.25, -0.2) is 4.98 Å². The number of hydrogen-bond donors (Lipinski definition) is 1. The number of carbonyl (C=O) groups excluding carboxylic acids is 1. The lowest BCUT2D eigenvalue weighted by Crippen LogP contribution is -2.29. The second kappa shape index (κ2) is 10.1. The van der Waals surface area contributed by atoms with Crippen molar-refractivity contribution in [3.8, 4) is 22.1 Å². The lowest BCUT2D eigenvalue weighted by molar-refractivity contribution is -0.121. The maximum atomic E-state index is 12.6. The van der Waals surface area contributed by atoms with Gasteiger partial charge in [-0.05, 0) is 30.2 Å². The molecule has 1 aromatic heterocycles. The van der Waals surface area contributed by atoms with Crippen LogP contribution >= 0.6 is 11.3 Å². The standard InChI is InChI=1S/C23H26N2O3S/c1-4-8-19(16-9-6-5-7-10-16)25-22(26)14-18-15-29-23(24-18)17-11-12-20(27-2)21(13-17)28-3/h5-7,9-13,15,19H,4,8,14H2,1-3H3,(H,25,26). The lowest BCUT2D eigenvalue weighted by atomic mass is 10.0. The van der Waals surface area contributed by atoms with Gasteiger partial charge in [-0.1, -0.05) is 43.7 Å². The van der Waals surface area contributed by atoms with Gasteiger partial charge in [0.1, 0.15) is 5.01 Å². The fraction of sp³-hybridized carbons (Fsp3) is 0.304. The first-order chi connectivity index (χ1) is 14.1. The van der Waals surface area contributed by atoms with Crippen LogP contribution in [0.4, 0.5) is 0 Å². The Morgan fingerprint density at radius 2 is 1.86 bits per heavy atom. The number of rotatable bonds is 9. The molecule has 1 unspecified atom stereocenters. The van der Waals surface area contributed by atoms with Crippen molar-refractivity contribution in [1.29, 1.82) is 0 Å². The Bertz CT molecular complexity index is 940. The highest BCUT2D eigenvalue weighted by atomic mass is 32.1. The van der Waals surface area contributed by atoms with Crippen LogP contribution in [0.1, 0.15) is 37.1 Å². The Balaban J connectivity index is 1.68. The SMILES string of the molecule is CCCC(NC(=O)Cc1csc(-c2ccc(OC)c(OC)c2)n1)c1ccccc1. The summed E-state index contributed by atoms with van der Waals surface area (Å²) < 4.78 is 10.6.